The zero-order valence-corrected chi connectivity index (χ0v) is 19.2. The quantitative estimate of drug-likeness (QED) is 0.537. The minimum absolute atomic E-state index is 0. The van der Waals surface area contributed by atoms with Gasteiger partial charge in [0.2, 0.25) is 10.0 Å². The summed E-state index contributed by atoms with van der Waals surface area (Å²) in [4.78, 5) is 14.9. The second-order valence-corrected chi connectivity index (χ2v) is 8.42. The van der Waals surface area contributed by atoms with E-state index in [0.29, 0.717) is 12.3 Å². The normalized spacial score (nSPS) is 10.9. The molecular formula is C21H30ClN3O4S. The SMILES string of the molecule is CCN(CC)CCOc1ccc(NC(=O)c2ccccc2NS(=O)(=O)CC)cc1.Cl. The standard InChI is InChI=1S/C21H29N3O4S.ClH/c1-4-24(5-2)15-16-28-18-13-11-17(12-14-18)22-21(25)19-9-7-8-10-20(19)23-29(26,27)6-3;/h7-14,23H,4-6,15-16H2,1-3H3,(H,22,25);1H. The predicted octanol–water partition coefficient (Wildman–Crippen LogP) is 3.84. The van der Waals surface area contributed by atoms with Crippen LogP contribution in [-0.4, -0.2) is 51.2 Å². The van der Waals surface area contributed by atoms with Crippen LogP contribution >= 0.6 is 12.4 Å². The van der Waals surface area contributed by atoms with E-state index in [4.69, 9.17) is 4.74 Å². The Morgan fingerprint density at radius 2 is 1.63 bits per heavy atom. The first-order valence-corrected chi connectivity index (χ1v) is 11.4. The zero-order chi connectivity index (χ0) is 21.3. The van der Waals surface area contributed by atoms with E-state index in [1.165, 1.54) is 6.92 Å². The third kappa shape index (κ3) is 7.85. The molecule has 0 saturated carbocycles. The van der Waals surface area contributed by atoms with Gasteiger partial charge in [-0.15, -0.1) is 12.4 Å². The molecule has 9 heteroatoms. The average Bonchev–Trinajstić information content (AvgIpc) is 2.72. The number of benzene rings is 2. The number of hydrogen-bond acceptors (Lipinski definition) is 5. The van der Waals surface area contributed by atoms with Gasteiger partial charge in [-0.1, -0.05) is 26.0 Å². The first-order chi connectivity index (χ1) is 13.9. The van der Waals surface area contributed by atoms with Crippen molar-refractivity contribution in [1.82, 2.24) is 4.90 Å². The Morgan fingerprint density at radius 1 is 1.00 bits per heavy atom. The molecule has 2 rings (SSSR count). The Bertz CT molecular complexity index is 901. The molecule has 1 amide bonds. The summed E-state index contributed by atoms with van der Waals surface area (Å²) in [6.45, 7) is 9.20. The van der Waals surface area contributed by atoms with Crippen molar-refractivity contribution in [1.29, 1.82) is 0 Å². The lowest BCUT2D eigenvalue weighted by molar-refractivity contribution is 0.102. The van der Waals surface area contributed by atoms with Crippen LogP contribution in [-0.2, 0) is 10.0 Å². The van der Waals surface area contributed by atoms with Crippen molar-refractivity contribution in [3.05, 3.63) is 54.1 Å². The lowest BCUT2D eigenvalue weighted by Gasteiger charge is -2.18. The Morgan fingerprint density at radius 3 is 2.23 bits per heavy atom. The number of anilines is 2. The van der Waals surface area contributed by atoms with E-state index in [1.54, 1.807) is 48.5 Å². The minimum atomic E-state index is -3.48. The number of para-hydroxylation sites is 1. The van der Waals surface area contributed by atoms with Crippen molar-refractivity contribution in [3.8, 4) is 5.75 Å². The number of amides is 1. The second kappa shape index (κ2) is 12.4. The van der Waals surface area contributed by atoms with Crippen LogP contribution in [0.2, 0.25) is 0 Å². The molecule has 2 aromatic carbocycles. The third-order valence-corrected chi connectivity index (χ3v) is 5.79. The van der Waals surface area contributed by atoms with Gasteiger partial charge in [-0.2, -0.15) is 0 Å². The monoisotopic (exact) mass is 455 g/mol. The summed E-state index contributed by atoms with van der Waals surface area (Å²) < 4.78 is 31.9. The number of ether oxygens (including phenoxy) is 1. The number of hydrogen-bond donors (Lipinski definition) is 2. The molecule has 0 radical (unpaired) electrons. The Labute approximate surface area is 185 Å². The fourth-order valence-corrected chi connectivity index (χ4v) is 3.33. The summed E-state index contributed by atoms with van der Waals surface area (Å²) in [5.41, 5.74) is 1.10. The van der Waals surface area contributed by atoms with E-state index >= 15 is 0 Å². The van der Waals surface area contributed by atoms with Gasteiger partial charge < -0.3 is 15.0 Å². The molecule has 0 heterocycles. The lowest BCUT2D eigenvalue weighted by atomic mass is 10.1. The van der Waals surface area contributed by atoms with Crippen LogP contribution in [0.5, 0.6) is 5.75 Å². The Kier molecular flexibility index (Phi) is 10.7. The number of carbonyl (C=O) groups is 1. The molecule has 2 aromatic rings. The summed E-state index contributed by atoms with van der Waals surface area (Å²) in [5, 5.41) is 2.78. The van der Waals surface area contributed by atoms with E-state index in [0.717, 1.165) is 25.4 Å². The van der Waals surface area contributed by atoms with Crippen molar-refractivity contribution in [3.63, 3.8) is 0 Å². The number of sulfonamides is 1. The van der Waals surface area contributed by atoms with Crippen molar-refractivity contribution in [2.24, 2.45) is 0 Å². The van der Waals surface area contributed by atoms with Crippen LogP contribution in [0.25, 0.3) is 0 Å². The molecule has 0 aliphatic rings. The van der Waals surface area contributed by atoms with E-state index in [9.17, 15) is 13.2 Å². The number of likely N-dealkylation sites (N-methyl/N-ethyl adjacent to an activating group) is 1. The van der Waals surface area contributed by atoms with Crippen LogP contribution in [0.15, 0.2) is 48.5 Å². The van der Waals surface area contributed by atoms with E-state index in [1.807, 2.05) is 0 Å². The maximum Gasteiger partial charge on any atom is 0.257 e. The molecule has 0 bridgehead atoms. The predicted molar refractivity (Wildman–Crippen MR) is 124 cm³/mol. The van der Waals surface area contributed by atoms with Crippen LogP contribution in [0.4, 0.5) is 11.4 Å². The van der Waals surface area contributed by atoms with Gasteiger partial charge in [0.05, 0.1) is 17.0 Å². The first kappa shape index (κ1) is 25.7. The molecule has 30 heavy (non-hydrogen) atoms. The number of nitrogens with one attached hydrogen (secondary N) is 2. The Hall–Kier alpha value is -2.29. The number of carbonyl (C=O) groups excluding carboxylic acids is 1. The average molecular weight is 456 g/mol. The smallest absolute Gasteiger partial charge is 0.257 e. The molecule has 0 unspecified atom stereocenters. The van der Waals surface area contributed by atoms with Gasteiger partial charge in [-0.05, 0) is 56.4 Å². The molecule has 0 aliphatic carbocycles. The minimum Gasteiger partial charge on any atom is -0.492 e. The fourth-order valence-electron chi connectivity index (χ4n) is 2.68. The highest BCUT2D eigenvalue weighted by Gasteiger charge is 2.15. The molecule has 0 fully saturated rings. The molecule has 2 N–H and O–H groups in total. The summed E-state index contributed by atoms with van der Waals surface area (Å²) in [5.74, 6) is 0.263. The summed E-state index contributed by atoms with van der Waals surface area (Å²) >= 11 is 0. The maximum absolute atomic E-state index is 12.6. The first-order valence-electron chi connectivity index (χ1n) is 9.74. The van der Waals surface area contributed by atoms with Gasteiger partial charge in [0.15, 0.2) is 0 Å². The summed E-state index contributed by atoms with van der Waals surface area (Å²) in [6.07, 6.45) is 0. The lowest BCUT2D eigenvalue weighted by Crippen LogP contribution is -2.27. The highest BCUT2D eigenvalue weighted by atomic mass is 35.5. The highest BCUT2D eigenvalue weighted by Crippen LogP contribution is 2.20. The molecule has 166 valence electrons. The van der Waals surface area contributed by atoms with Gasteiger partial charge >= 0.3 is 0 Å². The van der Waals surface area contributed by atoms with Crippen LogP contribution in [0.1, 0.15) is 31.1 Å². The Balaban J connectivity index is 0.00000450. The van der Waals surface area contributed by atoms with Crippen molar-refractivity contribution in [2.75, 3.05) is 42.0 Å². The molecule has 0 atom stereocenters. The summed E-state index contributed by atoms with van der Waals surface area (Å²) in [7, 11) is -3.48. The second-order valence-electron chi connectivity index (χ2n) is 6.40. The van der Waals surface area contributed by atoms with Gasteiger partial charge in [-0.25, -0.2) is 8.42 Å². The van der Waals surface area contributed by atoms with Gasteiger partial charge in [0.1, 0.15) is 12.4 Å². The van der Waals surface area contributed by atoms with Gasteiger partial charge in [-0.3, -0.25) is 9.52 Å². The van der Waals surface area contributed by atoms with Crippen molar-refractivity contribution >= 4 is 39.7 Å². The van der Waals surface area contributed by atoms with Gasteiger partial charge in [0.25, 0.3) is 5.91 Å². The zero-order valence-electron chi connectivity index (χ0n) is 17.6. The molecule has 0 aromatic heterocycles. The van der Waals surface area contributed by atoms with Crippen molar-refractivity contribution in [2.45, 2.75) is 20.8 Å². The largest absolute Gasteiger partial charge is 0.492 e. The highest BCUT2D eigenvalue weighted by molar-refractivity contribution is 7.92. The number of nitrogens with zero attached hydrogens (tertiary/aromatic N) is 1. The number of halogens is 1. The van der Waals surface area contributed by atoms with Crippen molar-refractivity contribution < 1.29 is 17.9 Å². The number of rotatable bonds is 11. The van der Waals surface area contributed by atoms with E-state index in [-0.39, 0.29) is 29.4 Å². The van der Waals surface area contributed by atoms with Crippen LogP contribution < -0.4 is 14.8 Å². The van der Waals surface area contributed by atoms with Crippen LogP contribution in [0, 0.1) is 0 Å². The molecule has 0 spiro atoms. The van der Waals surface area contributed by atoms with E-state index < -0.39 is 15.9 Å². The molecule has 0 aliphatic heterocycles. The molecule has 0 saturated heterocycles. The maximum atomic E-state index is 12.6. The summed E-state index contributed by atoms with van der Waals surface area (Å²) in [6, 6.07) is 13.6. The third-order valence-electron chi connectivity index (χ3n) is 4.50. The van der Waals surface area contributed by atoms with Gasteiger partial charge in [0, 0.05) is 12.2 Å². The molecular weight excluding hydrogens is 426 g/mol. The fraction of sp³-hybridized carbons (Fsp3) is 0.381. The van der Waals surface area contributed by atoms with Crippen LogP contribution in [0.3, 0.4) is 0 Å². The molecule has 7 nitrogen and oxygen atoms in total. The van der Waals surface area contributed by atoms with E-state index in [2.05, 4.69) is 28.8 Å². The topological polar surface area (TPSA) is 87.7 Å².